The van der Waals surface area contributed by atoms with Gasteiger partial charge in [0.1, 0.15) is 21.5 Å². The smallest absolute Gasteiger partial charge is 0.143 e. The summed E-state index contributed by atoms with van der Waals surface area (Å²) in [5, 5.41) is 6.88. The second kappa shape index (κ2) is 5.53. The Morgan fingerprint density at radius 2 is 1.56 bits per heavy atom. The molecule has 0 aliphatic heterocycles. The number of nitrogens with one attached hydrogen (secondary N) is 1. The topological polar surface area (TPSA) is 51.0 Å². The third-order valence-corrected chi connectivity index (χ3v) is 5.84. The van der Waals surface area contributed by atoms with Gasteiger partial charge in [0.05, 0.1) is 0 Å². The maximum Gasteiger partial charge on any atom is 0.143 e. The summed E-state index contributed by atoms with van der Waals surface area (Å²) in [7, 11) is 0. The average molecular weight is 367 g/mol. The highest BCUT2D eigenvalue weighted by atomic mass is 32.1. The highest BCUT2D eigenvalue weighted by molar-refractivity contribution is 7.25. The summed E-state index contributed by atoms with van der Waals surface area (Å²) in [6.45, 7) is 0. The van der Waals surface area contributed by atoms with Gasteiger partial charge in [-0.05, 0) is 36.4 Å². The van der Waals surface area contributed by atoms with E-state index in [2.05, 4.69) is 51.7 Å². The Morgan fingerprint density at radius 3 is 2.56 bits per heavy atom. The van der Waals surface area contributed by atoms with Gasteiger partial charge in [0.15, 0.2) is 0 Å². The van der Waals surface area contributed by atoms with Crippen LogP contribution in [0.5, 0.6) is 0 Å². The van der Waals surface area contributed by atoms with Crippen LogP contribution in [0, 0.1) is 0 Å². The molecule has 0 fully saturated rings. The van der Waals surface area contributed by atoms with Gasteiger partial charge in [-0.15, -0.1) is 11.3 Å². The van der Waals surface area contributed by atoms with Crippen molar-refractivity contribution >= 4 is 65.1 Å². The van der Waals surface area contributed by atoms with E-state index < -0.39 is 0 Å². The summed E-state index contributed by atoms with van der Waals surface area (Å²) < 4.78 is 7.18. The minimum Gasteiger partial charge on any atom is -0.456 e. The lowest BCUT2D eigenvalue weighted by atomic mass is 10.1. The lowest BCUT2D eigenvalue weighted by Gasteiger charge is -2.06. The number of anilines is 2. The molecule has 0 spiro atoms. The van der Waals surface area contributed by atoms with Gasteiger partial charge < -0.3 is 9.73 Å². The first-order chi connectivity index (χ1) is 13.3. The first-order valence-electron chi connectivity index (χ1n) is 8.67. The van der Waals surface area contributed by atoms with E-state index in [0.29, 0.717) is 0 Å². The van der Waals surface area contributed by atoms with E-state index in [1.807, 2.05) is 24.3 Å². The summed E-state index contributed by atoms with van der Waals surface area (Å²) >= 11 is 1.66. The Bertz CT molecular complexity index is 1460. The molecular weight excluding hydrogens is 354 g/mol. The number of hydrogen-bond donors (Lipinski definition) is 1. The Hall–Kier alpha value is -3.44. The number of nitrogens with zero attached hydrogens (tertiary/aromatic N) is 2. The van der Waals surface area contributed by atoms with Gasteiger partial charge in [-0.2, -0.15) is 0 Å². The number of furan rings is 1. The molecule has 0 aliphatic carbocycles. The van der Waals surface area contributed by atoms with E-state index in [1.54, 1.807) is 23.7 Å². The Labute approximate surface area is 158 Å². The van der Waals surface area contributed by atoms with E-state index in [9.17, 15) is 0 Å². The minimum atomic E-state index is 0.883. The Morgan fingerprint density at radius 1 is 0.741 bits per heavy atom. The lowest BCUT2D eigenvalue weighted by molar-refractivity contribution is 0.669. The van der Waals surface area contributed by atoms with Gasteiger partial charge in [-0.25, -0.2) is 4.98 Å². The molecule has 4 nitrogen and oxygen atoms in total. The fourth-order valence-electron chi connectivity index (χ4n) is 3.54. The highest BCUT2D eigenvalue weighted by Gasteiger charge is 2.09. The van der Waals surface area contributed by atoms with Crippen LogP contribution < -0.4 is 5.32 Å². The SMILES string of the molecule is c1ccc2c(c1)oc1cc(Nc3ccc4sc5nccnc5c4c3)ccc12. The molecule has 0 aliphatic rings. The lowest BCUT2D eigenvalue weighted by Crippen LogP contribution is -1.89. The second-order valence-corrected chi connectivity index (χ2v) is 7.49. The van der Waals surface area contributed by atoms with Crippen molar-refractivity contribution in [3.05, 3.63) is 73.1 Å². The molecule has 0 atom stereocenters. The molecule has 5 heteroatoms. The molecule has 27 heavy (non-hydrogen) atoms. The fourth-order valence-corrected chi connectivity index (χ4v) is 4.52. The van der Waals surface area contributed by atoms with Crippen molar-refractivity contribution in [1.82, 2.24) is 9.97 Å². The molecule has 0 radical (unpaired) electrons. The zero-order valence-electron chi connectivity index (χ0n) is 14.1. The minimum absolute atomic E-state index is 0.883. The van der Waals surface area contributed by atoms with Crippen LogP contribution in [-0.4, -0.2) is 9.97 Å². The van der Waals surface area contributed by atoms with Crippen LogP contribution in [0.3, 0.4) is 0 Å². The molecule has 3 heterocycles. The zero-order chi connectivity index (χ0) is 17.8. The number of hydrogen-bond acceptors (Lipinski definition) is 5. The summed E-state index contributed by atoms with van der Waals surface area (Å²) in [6.07, 6.45) is 3.48. The Kier molecular flexibility index (Phi) is 3.01. The quantitative estimate of drug-likeness (QED) is 0.380. The molecular formula is C22H13N3OS. The van der Waals surface area contributed by atoms with E-state index in [0.717, 1.165) is 49.0 Å². The first-order valence-corrected chi connectivity index (χ1v) is 9.48. The number of aromatic nitrogens is 2. The van der Waals surface area contributed by atoms with Crippen molar-refractivity contribution in [2.45, 2.75) is 0 Å². The van der Waals surface area contributed by atoms with Gasteiger partial charge >= 0.3 is 0 Å². The predicted molar refractivity (Wildman–Crippen MR) is 112 cm³/mol. The zero-order valence-corrected chi connectivity index (χ0v) is 15.0. The predicted octanol–water partition coefficient (Wildman–Crippen LogP) is 6.49. The highest BCUT2D eigenvalue weighted by Crippen LogP contribution is 2.35. The van der Waals surface area contributed by atoms with Crippen molar-refractivity contribution < 1.29 is 4.42 Å². The molecule has 3 aromatic heterocycles. The summed E-state index contributed by atoms with van der Waals surface area (Å²) in [6, 6.07) is 20.7. The van der Waals surface area contributed by atoms with Crippen LogP contribution in [-0.2, 0) is 0 Å². The number of rotatable bonds is 2. The van der Waals surface area contributed by atoms with Crippen LogP contribution in [0.1, 0.15) is 0 Å². The maximum atomic E-state index is 5.99. The van der Waals surface area contributed by atoms with E-state index >= 15 is 0 Å². The maximum absolute atomic E-state index is 5.99. The molecule has 0 saturated carbocycles. The number of para-hydroxylation sites is 1. The molecule has 0 amide bonds. The molecule has 1 N–H and O–H groups in total. The normalized spacial score (nSPS) is 11.7. The summed E-state index contributed by atoms with van der Waals surface area (Å²) in [5.74, 6) is 0. The second-order valence-electron chi connectivity index (χ2n) is 6.46. The van der Waals surface area contributed by atoms with Crippen LogP contribution in [0.2, 0.25) is 0 Å². The number of benzene rings is 3. The first kappa shape index (κ1) is 14.7. The molecule has 6 rings (SSSR count). The van der Waals surface area contributed by atoms with Crippen molar-refractivity contribution in [2.75, 3.05) is 5.32 Å². The van der Waals surface area contributed by atoms with Gasteiger partial charge in [-0.3, -0.25) is 4.98 Å². The van der Waals surface area contributed by atoms with Crippen LogP contribution in [0.15, 0.2) is 77.5 Å². The van der Waals surface area contributed by atoms with Gasteiger partial charge in [0, 0.05) is 50.7 Å². The van der Waals surface area contributed by atoms with Crippen molar-refractivity contribution in [3.63, 3.8) is 0 Å². The third-order valence-electron chi connectivity index (χ3n) is 4.77. The number of thiophene rings is 1. The van der Waals surface area contributed by atoms with Gasteiger partial charge in [0.2, 0.25) is 0 Å². The molecule has 6 aromatic rings. The largest absolute Gasteiger partial charge is 0.456 e. The van der Waals surface area contributed by atoms with Gasteiger partial charge in [-0.1, -0.05) is 18.2 Å². The summed E-state index contributed by atoms with van der Waals surface area (Å²) in [5.41, 5.74) is 4.76. The molecule has 0 saturated heterocycles. The standard InChI is InChI=1S/C22H13N3OS/c1-2-4-18-15(3-1)16-7-5-14(12-19(16)26-18)25-13-6-8-20-17(11-13)21-22(27-20)24-10-9-23-21/h1-12,25H. The van der Waals surface area contributed by atoms with Gasteiger partial charge in [0.25, 0.3) is 0 Å². The Balaban J connectivity index is 1.44. The van der Waals surface area contributed by atoms with Crippen LogP contribution >= 0.6 is 11.3 Å². The third kappa shape index (κ3) is 2.29. The molecule has 0 unspecified atom stereocenters. The van der Waals surface area contributed by atoms with Crippen molar-refractivity contribution in [3.8, 4) is 0 Å². The van der Waals surface area contributed by atoms with E-state index in [1.165, 1.54) is 4.70 Å². The number of fused-ring (bicyclic) bond motifs is 6. The monoisotopic (exact) mass is 367 g/mol. The fraction of sp³-hybridized carbons (Fsp3) is 0. The van der Waals surface area contributed by atoms with Crippen molar-refractivity contribution in [1.29, 1.82) is 0 Å². The van der Waals surface area contributed by atoms with E-state index in [-0.39, 0.29) is 0 Å². The molecule has 0 bridgehead atoms. The summed E-state index contributed by atoms with van der Waals surface area (Å²) in [4.78, 5) is 9.86. The van der Waals surface area contributed by atoms with Crippen LogP contribution in [0.4, 0.5) is 11.4 Å². The van der Waals surface area contributed by atoms with Crippen molar-refractivity contribution in [2.24, 2.45) is 0 Å². The molecule has 3 aromatic carbocycles. The van der Waals surface area contributed by atoms with Crippen LogP contribution in [0.25, 0.3) is 42.4 Å². The molecule has 128 valence electrons. The van der Waals surface area contributed by atoms with E-state index in [4.69, 9.17) is 4.42 Å². The average Bonchev–Trinajstić information content (AvgIpc) is 3.25.